The van der Waals surface area contributed by atoms with E-state index in [9.17, 15) is 18.4 Å². The van der Waals surface area contributed by atoms with Gasteiger partial charge in [-0.2, -0.15) is 0 Å². The minimum absolute atomic E-state index is 0.265. The van der Waals surface area contributed by atoms with Gasteiger partial charge in [-0.05, 0) is 56.7 Å². The summed E-state index contributed by atoms with van der Waals surface area (Å²) in [4.78, 5) is 26.7. The lowest BCUT2D eigenvalue weighted by Gasteiger charge is -2.26. The molecule has 0 saturated carbocycles. The number of rotatable bonds is 5. The van der Waals surface area contributed by atoms with E-state index < -0.39 is 41.2 Å². The molecule has 0 unspecified atom stereocenters. The van der Waals surface area contributed by atoms with E-state index >= 15 is 0 Å². The molecule has 0 saturated heterocycles. The summed E-state index contributed by atoms with van der Waals surface area (Å²) in [7, 11) is 0. The smallest absolute Gasteiger partial charge is 0.326 e. The fraction of sp³-hybridized carbons (Fsp3) is 0.200. The van der Waals surface area contributed by atoms with Crippen LogP contribution < -0.4 is 4.90 Å². The summed E-state index contributed by atoms with van der Waals surface area (Å²) in [6, 6.07) is 16.9. The van der Waals surface area contributed by atoms with Gasteiger partial charge in [-0.25, -0.2) is 8.78 Å². The number of nitrogens with zero attached hydrogens (tertiary/aromatic N) is 1. The van der Waals surface area contributed by atoms with E-state index in [0.717, 1.165) is 23.1 Å². The van der Waals surface area contributed by atoms with Gasteiger partial charge in [0.25, 0.3) is 5.91 Å². The number of hydrogen-bond acceptors (Lipinski definition) is 3. The fourth-order valence-corrected chi connectivity index (χ4v) is 3.40. The zero-order valence-electron chi connectivity index (χ0n) is 17.9. The first kappa shape index (κ1) is 23.4. The van der Waals surface area contributed by atoms with Gasteiger partial charge in [0.1, 0.15) is 29.3 Å². The van der Waals surface area contributed by atoms with Crippen LogP contribution in [0.25, 0.3) is 11.1 Å². The highest BCUT2D eigenvalue weighted by molar-refractivity contribution is 6.33. The SMILES string of the molecule is CC(C)(C)OC(=O)CN(C(=O)c1c(F)cccc1F)c1cccc(-c2ccccc2Cl)c1. The van der Waals surface area contributed by atoms with Crippen molar-refractivity contribution in [1.82, 2.24) is 0 Å². The van der Waals surface area contributed by atoms with Crippen molar-refractivity contribution < 1.29 is 23.1 Å². The van der Waals surface area contributed by atoms with Crippen LogP contribution in [-0.2, 0) is 9.53 Å². The second kappa shape index (κ2) is 9.49. The molecule has 7 heteroatoms. The quantitative estimate of drug-likeness (QED) is 0.424. The fourth-order valence-electron chi connectivity index (χ4n) is 3.16. The van der Waals surface area contributed by atoms with Crippen LogP contribution in [0.3, 0.4) is 0 Å². The highest BCUT2D eigenvalue weighted by Crippen LogP contribution is 2.31. The third kappa shape index (κ3) is 5.51. The van der Waals surface area contributed by atoms with Gasteiger partial charge in [0.15, 0.2) is 0 Å². The molecule has 3 aromatic rings. The Labute approximate surface area is 190 Å². The summed E-state index contributed by atoms with van der Waals surface area (Å²) < 4.78 is 34.1. The lowest BCUT2D eigenvalue weighted by atomic mass is 10.0. The molecule has 0 aliphatic carbocycles. The highest BCUT2D eigenvalue weighted by atomic mass is 35.5. The van der Waals surface area contributed by atoms with Gasteiger partial charge < -0.3 is 4.74 Å². The van der Waals surface area contributed by atoms with E-state index in [1.54, 1.807) is 63.2 Å². The van der Waals surface area contributed by atoms with Crippen molar-refractivity contribution in [3.05, 3.63) is 89.0 Å². The number of amides is 1. The van der Waals surface area contributed by atoms with Gasteiger partial charge in [0, 0.05) is 16.3 Å². The molecule has 0 fully saturated rings. The molecule has 3 rings (SSSR count). The van der Waals surface area contributed by atoms with Gasteiger partial charge in [-0.1, -0.05) is 48.0 Å². The topological polar surface area (TPSA) is 46.6 Å². The molecule has 3 aromatic carbocycles. The van der Waals surface area contributed by atoms with Gasteiger partial charge in [0.05, 0.1) is 0 Å². The standard InChI is InChI=1S/C25H22ClF2NO3/c1-25(2,3)32-22(30)15-29(24(31)23-20(27)12-7-13-21(23)28)17-9-6-8-16(14-17)18-10-4-5-11-19(18)26/h4-14H,15H2,1-3H3. The van der Waals surface area contributed by atoms with E-state index in [0.29, 0.717) is 16.1 Å². The third-order valence-electron chi connectivity index (χ3n) is 4.47. The Kier molecular flexibility index (Phi) is 6.94. The van der Waals surface area contributed by atoms with E-state index in [1.165, 1.54) is 0 Å². The average molecular weight is 458 g/mol. The van der Waals surface area contributed by atoms with Crippen LogP contribution in [0, 0.1) is 11.6 Å². The van der Waals surface area contributed by atoms with Crippen LogP contribution >= 0.6 is 11.6 Å². The van der Waals surface area contributed by atoms with Crippen molar-refractivity contribution in [2.24, 2.45) is 0 Å². The van der Waals surface area contributed by atoms with Crippen LogP contribution in [0.5, 0.6) is 0 Å². The number of anilines is 1. The van der Waals surface area contributed by atoms with Crippen LogP contribution in [0.4, 0.5) is 14.5 Å². The third-order valence-corrected chi connectivity index (χ3v) is 4.80. The molecule has 0 aliphatic heterocycles. The number of benzene rings is 3. The Morgan fingerprint density at radius 3 is 2.19 bits per heavy atom. The number of carbonyl (C=O) groups excluding carboxylic acids is 2. The molecule has 0 heterocycles. The van der Waals surface area contributed by atoms with E-state index in [1.807, 2.05) is 6.07 Å². The molecule has 0 aromatic heterocycles. The number of carbonyl (C=O) groups is 2. The van der Waals surface area contributed by atoms with Crippen molar-refractivity contribution in [2.45, 2.75) is 26.4 Å². The highest BCUT2D eigenvalue weighted by Gasteiger charge is 2.28. The van der Waals surface area contributed by atoms with Crippen molar-refractivity contribution in [1.29, 1.82) is 0 Å². The average Bonchev–Trinajstić information content (AvgIpc) is 2.71. The summed E-state index contributed by atoms with van der Waals surface area (Å²) in [5, 5.41) is 0.495. The maximum atomic E-state index is 14.4. The zero-order chi connectivity index (χ0) is 23.5. The second-order valence-corrected chi connectivity index (χ2v) is 8.51. The molecule has 166 valence electrons. The molecule has 0 N–H and O–H groups in total. The normalized spacial score (nSPS) is 11.2. The molecule has 0 atom stereocenters. The van der Waals surface area contributed by atoms with Gasteiger partial charge in [-0.15, -0.1) is 0 Å². The predicted molar refractivity (Wildman–Crippen MR) is 121 cm³/mol. The molecule has 32 heavy (non-hydrogen) atoms. The van der Waals surface area contributed by atoms with Gasteiger partial charge >= 0.3 is 5.97 Å². The first-order chi connectivity index (χ1) is 15.1. The minimum atomic E-state index is -1.02. The van der Waals surface area contributed by atoms with Crippen molar-refractivity contribution in [3.63, 3.8) is 0 Å². The molecule has 0 spiro atoms. The first-order valence-corrected chi connectivity index (χ1v) is 10.3. The lowest BCUT2D eigenvalue weighted by Crippen LogP contribution is -2.39. The second-order valence-electron chi connectivity index (χ2n) is 8.10. The summed E-state index contributed by atoms with van der Waals surface area (Å²) in [5.74, 6) is -3.76. The first-order valence-electron chi connectivity index (χ1n) is 9.89. The number of hydrogen-bond donors (Lipinski definition) is 0. The number of esters is 1. The monoisotopic (exact) mass is 457 g/mol. The minimum Gasteiger partial charge on any atom is -0.459 e. The molecular weight excluding hydrogens is 436 g/mol. The molecule has 0 aliphatic rings. The maximum Gasteiger partial charge on any atom is 0.326 e. The molecule has 1 amide bonds. The largest absolute Gasteiger partial charge is 0.459 e. The predicted octanol–water partition coefficient (Wildman–Crippen LogP) is 6.27. The Morgan fingerprint density at radius 2 is 1.56 bits per heavy atom. The van der Waals surface area contributed by atoms with E-state index in [4.69, 9.17) is 16.3 Å². The summed E-state index contributed by atoms with van der Waals surface area (Å²) in [5.41, 5.74) is 0.0936. The molecule has 0 bridgehead atoms. The number of ether oxygens (including phenoxy) is 1. The van der Waals surface area contributed by atoms with Crippen LogP contribution in [0.2, 0.25) is 5.02 Å². The van der Waals surface area contributed by atoms with Crippen molar-refractivity contribution in [2.75, 3.05) is 11.4 Å². The van der Waals surface area contributed by atoms with Gasteiger partial charge in [-0.3, -0.25) is 14.5 Å². The van der Waals surface area contributed by atoms with Crippen LogP contribution in [0.15, 0.2) is 66.7 Å². The van der Waals surface area contributed by atoms with Gasteiger partial charge in [0.2, 0.25) is 0 Å². The number of halogens is 3. The maximum absolute atomic E-state index is 14.4. The Morgan fingerprint density at radius 1 is 0.938 bits per heavy atom. The van der Waals surface area contributed by atoms with E-state index in [2.05, 4.69) is 0 Å². The van der Waals surface area contributed by atoms with Crippen LogP contribution in [0.1, 0.15) is 31.1 Å². The molecule has 0 radical (unpaired) electrons. The van der Waals surface area contributed by atoms with E-state index in [-0.39, 0.29) is 5.69 Å². The van der Waals surface area contributed by atoms with Crippen molar-refractivity contribution in [3.8, 4) is 11.1 Å². The molecular formula is C25H22ClF2NO3. The van der Waals surface area contributed by atoms with Crippen LogP contribution in [-0.4, -0.2) is 24.0 Å². The zero-order valence-corrected chi connectivity index (χ0v) is 18.6. The van der Waals surface area contributed by atoms with Crippen molar-refractivity contribution >= 4 is 29.2 Å². The summed E-state index contributed by atoms with van der Waals surface area (Å²) in [6.45, 7) is 4.53. The Bertz CT molecular complexity index is 1140. The summed E-state index contributed by atoms with van der Waals surface area (Å²) >= 11 is 6.29. The molecule has 4 nitrogen and oxygen atoms in total. The Hall–Kier alpha value is -3.25. The Balaban J connectivity index is 2.07. The summed E-state index contributed by atoms with van der Waals surface area (Å²) in [6.07, 6.45) is 0. The lowest BCUT2D eigenvalue weighted by molar-refractivity contribution is -0.152.